The lowest BCUT2D eigenvalue weighted by Gasteiger charge is -2.18. The van der Waals surface area contributed by atoms with E-state index >= 15 is 0 Å². The summed E-state index contributed by atoms with van der Waals surface area (Å²) < 4.78 is 13.0. The molecule has 0 bridgehead atoms. The zero-order valence-corrected chi connectivity index (χ0v) is 11.6. The molecule has 0 fully saturated rings. The smallest absolute Gasteiger partial charge is 0.258 e. The maximum atomic E-state index is 13.0. The van der Waals surface area contributed by atoms with Gasteiger partial charge < -0.3 is 4.90 Å². The van der Waals surface area contributed by atoms with Crippen molar-refractivity contribution in [2.24, 2.45) is 0 Å². The Hall–Kier alpha value is -2.68. The van der Waals surface area contributed by atoms with E-state index in [-0.39, 0.29) is 11.7 Å². The molecule has 0 unspecified atom stereocenters. The molecular weight excluding hydrogens is 265 g/mol. The molecule has 3 aromatic carbocycles. The number of rotatable bonds is 2. The molecule has 3 heteroatoms. The van der Waals surface area contributed by atoms with Gasteiger partial charge in [-0.15, -0.1) is 0 Å². The molecule has 21 heavy (non-hydrogen) atoms. The predicted molar refractivity (Wildman–Crippen MR) is 83.1 cm³/mol. The highest BCUT2D eigenvalue weighted by molar-refractivity contribution is 6.13. The molecule has 0 aliphatic rings. The first-order valence-corrected chi connectivity index (χ1v) is 6.68. The number of amides is 1. The summed E-state index contributed by atoms with van der Waals surface area (Å²) in [5.74, 6) is -0.428. The molecule has 0 aliphatic heterocycles. The fourth-order valence-corrected chi connectivity index (χ4v) is 2.37. The number of fused-ring (bicyclic) bond motifs is 1. The first-order chi connectivity index (χ1) is 10.2. The van der Waals surface area contributed by atoms with E-state index in [9.17, 15) is 9.18 Å². The van der Waals surface area contributed by atoms with Crippen LogP contribution in [0.5, 0.6) is 0 Å². The molecule has 0 spiro atoms. The number of benzene rings is 3. The standard InChI is InChI=1S/C18H14FNO/c1-20(15-11-9-14(19)10-12-15)18(21)17-8-4-6-13-5-2-3-7-16(13)17/h2-12H,1H3. The Labute approximate surface area is 122 Å². The molecule has 0 heterocycles. The van der Waals surface area contributed by atoms with Crippen LogP contribution in [0.2, 0.25) is 0 Å². The second-order valence-electron chi connectivity index (χ2n) is 4.87. The van der Waals surface area contributed by atoms with Gasteiger partial charge in [0.1, 0.15) is 5.82 Å². The maximum Gasteiger partial charge on any atom is 0.258 e. The van der Waals surface area contributed by atoms with Crippen LogP contribution in [0.3, 0.4) is 0 Å². The van der Waals surface area contributed by atoms with E-state index in [1.807, 2.05) is 42.5 Å². The van der Waals surface area contributed by atoms with Crippen LogP contribution in [0.4, 0.5) is 10.1 Å². The summed E-state index contributed by atoms with van der Waals surface area (Å²) in [5.41, 5.74) is 1.30. The van der Waals surface area contributed by atoms with Crippen molar-refractivity contribution in [3.63, 3.8) is 0 Å². The van der Waals surface area contributed by atoms with Crippen molar-refractivity contribution in [1.82, 2.24) is 0 Å². The molecule has 1 amide bonds. The second-order valence-corrected chi connectivity index (χ2v) is 4.87. The number of halogens is 1. The quantitative estimate of drug-likeness (QED) is 0.686. The van der Waals surface area contributed by atoms with Gasteiger partial charge in [0.25, 0.3) is 5.91 Å². The zero-order valence-electron chi connectivity index (χ0n) is 11.6. The molecule has 104 valence electrons. The highest BCUT2D eigenvalue weighted by Gasteiger charge is 2.15. The van der Waals surface area contributed by atoms with E-state index in [2.05, 4.69) is 0 Å². The van der Waals surface area contributed by atoms with Crippen LogP contribution in [0, 0.1) is 5.82 Å². The molecular formula is C18H14FNO. The molecule has 3 rings (SSSR count). The molecule has 3 aromatic rings. The summed E-state index contributed by atoms with van der Waals surface area (Å²) in [7, 11) is 1.69. The Bertz CT molecular complexity index is 790. The maximum absolute atomic E-state index is 13.0. The monoisotopic (exact) mass is 279 g/mol. The van der Waals surface area contributed by atoms with Crippen LogP contribution < -0.4 is 4.90 Å². The summed E-state index contributed by atoms with van der Waals surface area (Å²) in [6, 6.07) is 19.3. The van der Waals surface area contributed by atoms with Gasteiger partial charge >= 0.3 is 0 Å². The van der Waals surface area contributed by atoms with Crippen LogP contribution in [0.1, 0.15) is 10.4 Å². The van der Waals surface area contributed by atoms with Crippen molar-refractivity contribution in [2.45, 2.75) is 0 Å². The van der Waals surface area contributed by atoms with E-state index in [1.54, 1.807) is 19.2 Å². The van der Waals surface area contributed by atoms with Crippen LogP contribution >= 0.6 is 0 Å². The average Bonchev–Trinajstić information content (AvgIpc) is 2.53. The summed E-state index contributed by atoms with van der Waals surface area (Å²) in [6.07, 6.45) is 0. The lowest BCUT2D eigenvalue weighted by Crippen LogP contribution is -2.26. The van der Waals surface area contributed by atoms with Crippen molar-refractivity contribution in [2.75, 3.05) is 11.9 Å². The van der Waals surface area contributed by atoms with Crippen LogP contribution in [0.25, 0.3) is 10.8 Å². The number of hydrogen-bond donors (Lipinski definition) is 0. The number of carbonyl (C=O) groups is 1. The van der Waals surface area contributed by atoms with Gasteiger partial charge in [0, 0.05) is 18.3 Å². The lowest BCUT2D eigenvalue weighted by molar-refractivity contribution is 0.0994. The number of nitrogens with zero attached hydrogens (tertiary/aromatic N) is 1. The molecule has 0 aliphatic carbocycles. The fourth-order valence-electron chi connectivity index (χ4n) is 2.37. The molecule has 0 atom stereocenters. The van der Waals surface area contributed by atoms with Gasteiger partial charge in [-0.05, 0) is 41.1 Å². The SMILES string of the molecule is CN(C(=O)c1cccc2ccccc12)c1ccc(F)cc1. The van der Waals surface area contributed by atoms with E-state index in [0.29, 0.717) is 11.3 Å². The first-order valence-electron chi connectivity index (χ1n) is 6.68. The van der Waals surface area contributed by atoms with Crippen molar-refractivity contribution >= 4 is 22.4 Å². The molecule has 0 saturated heterocycles. The van der Waals surface area contributed by atoms with E-state index in [4.69, 9.17) is 0 Å². The third-order valence-electron chi connectivity index (χ3n) is 3.54. The molecule has 0 radical (unpaired) electrons. The Morgan fingerprint density at radius 3 is 2.33 bits per heavy atom. The summed E-state index contributed by atoms with van der Waals surface area (Å²) in [6.45, 7) is 0. The van der Waals surface area contributed by atoms with Crippen LogP contribution in [-0.4, -0.2) is 13.0 Å². The zero-order chi connectivity index (χ0) is 14.8. The van der Waals surface area contributed by atoms with Gasteiger partial charge in [-0.1, -0.05) is 36.4 Å². The van der Waals surface area contributed by atoms with Gasteiger partial charge in [-0.3, -0.25) is 4.79 Å². The molecule has 0 aromatic heterocycles. The highest BCUT2D eigenvalue weighted by Crippen LogP contribution is 2.22. The van der Waals surface area contributed by atoms with Gasteiger partial charge in [0.05, 0.1) is 0 Å². The van der Waals surface area contributed by atoms with Crippen molar-refractivity contribution in [3.05, 3.63) is 78.1 Å². The fraction of sp³-hybridized carbons (Fsp3) is 0.0556. The topological polar surface area (TPSA) is 20.3 Å². The minimum atomic E-state index is -0.315. The summed E-state index contributed by atoms with van der Waals surface area (Å²) in [4.78, 5) is 14.2. The van der Waals surface area contributed by atoms with Crippen LogP contribution in [0.15, 0.2) is 66.7 Å². The third-order valence-corrected chi connectivity index (χ3v) is 3.54. The van der Waals surface area contributed by atoms with E-state index in [0.717, 1.165) is 10.8 Å². The van der Waals surface area contributed by atoms with E-state index in [1.165, 1.54) is 17.0 Å². The number of carbonyl (C=O) groups excluding carboxylic acids is 1. The molecule has 2 nitrogen and oxygen atoms in total. The highest BCUT2D eigenvalue weighted by atomic mass is 19.1. The van der Waals surface area contributed by atoms with Crippen molar-refractivity contribution in [3.8, 4) is 0 Å². The Balaban J connectivity index is 2.02. The largest absolute Gasteiger partial charge is 0.311 e. The predicted octanol–water partition coefficient (Wildman–Crippen LogP) is 4.26. The van der Waals surface area contributed by atoms with Gasteiger partial charge in [0.2, 0.25) is 0 Å². The Morgan fingerprint density at radius 2 is 1.57 bits per heavy atom. The van der Waals surface area contributed by atoms with Crippen LogP contribution in [-0.2, 0) is 0 Å². The summed E-state index contributed by atoms with van der Waals surface area (Å²) >= 11 is 0. The first kappa shape index (κ1) is 13.3. The average molecular weight is 279 g/mol. The molecule has 0 saturated carbocycles. The number of hydrogen-bond acceptors (Lipinski definition) is 1. The molecule has 0 N–H and O–H groups in total. The number of anilines is 1. The second kappa shape index (κ2) is 5.37. The Kier molecular flexibility index (Phi) is 3.40. The van der Waals surface area contributed by atoms with Gasteiger partial charge in [-0.25, -0.2) is 4.39 Å². The third kappa shape index (κ3) is 2.50. The lowest BCUT2D eigenvalue weighted by atomic mass is 10.0. The van der Waals surface area contributed by atoms with E-state index < -0.39 is 0 Å². The normalized spacial score (nSPS) is 10.6. The van der Waals surface area contributed by atoms with Gasteiger partial charge in [-0.2, -0.15) is 0 Å². The van der Waals surface area contributed by atoms with Gasteiger partial charge in [0.15, 0.2) is 0 Å². The minimum Gasteiger partial charge on any atom is -0.311 e. The minimum absolute atomic E-state index is 0.113. The van der Waals surface area contributed by atoms with Crippen molar-refractivity contribution < 1.29 is 9.18 Å². The van der Waals surface area contributed by atoms with Crippen molar-refractivity contribution in [1.29, 1.82) is 0 Å². The summed E-state index contributed by atoms with van der Waals surface area (Å²) in [5, 5.41) is 1.94. The Morgan fingerprint density at radius 1 is 0.905 bits per heavy atom.